The number of hydrogen-bond acceptors (Lipinski definition) is 3. The van der Waals surface area contributed by atoms with E-state index in [9.17, 15) is 4.79 Å². The van der Waals surface area contributed by atoms with Crippen LogP contribution in [0.2, 0.25) is 0 Å². The van der Waals surface area contributed by atoms with Gasteiger partial charge in [0, 0.05) is 32.2 Å². The number of carbonyl (C=O) groups excluding carboxylic acids is 1. The van der Waals surface area contributed by atoms with Crippen molar-refractivity contribution in [2.24, 2.45) is 0 Å². The summed E-state index contributed by atoms with van der Waals surface area (Å²) in [5.41, 5.74) is 1.24. The largest absolute Gasteiger partial charge is 0.336 e. The molecule has 0 bridgehead atoms. The summed E-state index contributed by atoms with van der Waals surface area (Å²) < 4.78 is 0. The minimum atomic E-state index is -0.0873. The van der Waals surface area contributed by atoms with Gasteiger partial charge in [0.2, 0.25) is 5.91 Å². The Morgan fingerprint density at radius 3 is 2.80 bits per heavy atom. The van der Waals surface area contributed by atoms with Gasteiger partial charge in [-0.2, -0.15) is 0 Å². The van der Waals surface area contributed by atoms with Gasteiger partial charge in [0.1, 0.15) is 0 Å². The van der Waals surface area contributed by atoms with E-state index >= 15 is 0 Å². The van der Waals surface area contributed by atoms with E-state index in [0.717, 1.165) is 26.2 Å². The first-order valence-electron chi connectivity index (χ1n) is 7.35. The van der Waals surface area contributed by atoms with Gasteiger partial charge < -0.3 is 10.2 Å². The zero-order valence-electron chi connectivity index (χ0n) is 12.7. The van der Waals surface area contributed by atoms with Gasteiger partial charge in [-0.15, -0.1) is 0 Å². The molecule has 1 aromatic rings. The summed E-state index contributed by atoms with van der Waals surface area (Å²) in [6.07, 6.45) is 0. The fourth-order valence-corrected chi connectivity index (χ4v) is 2.61. The molecule has 0 aliphatic carbocycles. The molecule has 1 aliphatic heterocycles. The maximum absolute atomic E-state index is 12.6. The van der Waals surface area contributed by atoms with Crippen molar-refractivity contribution in [3.05, 3.63) is 35.9 Å². The zero-order chi connectivity index (χ0) is 14.5. The second-order valence-electron chi connectivity index (χ2n) is 5.66. The highest BCUT2D eigenvalue weighted by atomic mass is 16.2. The van der Waals surface area contributed by atoms with Crippen LogP contribution in [0, 0.1) is 0 Å². The Bertz CT molecular complexity index is 435. The van der Waals surface area contributed by atoms with E-state index in [1.807, 2.05) is 37.1 Å². The first-order valence-corrected chi connectivity index (χ1v) is 7.35. The molecule has 1 saturated heterocycles. The van der Waals surface area contributed by atoms with Crippen molar-refractivity contribution in [3.63, 3.8) is 0 Å². The van der Waals surface area contributed by atoms with Crippen molar-refractivity contribution in [2.75, 3.05) is 26.7 Å². The maximum atomic E-state index is 12.6. The van der Waals surface area contributed by atoms with Gasteiger partial charge in [-0.3, -0.25) is 9.69 Å². The fraction of sp³-hybridized carbons (Fsp3) is 0.562. The summed E-state index contributed by atoms with van der Waals surface area (Å²) in [6, 6.07) is 10.5. The molecule has 110 valence electrons. The first-order chi connectivity index (χ1) is 9.59. The average Bonchev–Trinajstić information content (AvgIpc) is 2.47. The molecular weight excluding hydrogens is 250 g/mol. The molecule has 0 aromatic heterocycles. The number of likely N-dealkylation sites (N-methyl/N-ethyl adjacent to an activating group) is 1. The molecule has 1 N–H and O–H groups in total. The lowest BCUT2D eigenvalue weighted by molar-refractivity contribution is -0.139. The Morgan fingerprint density at radius 2 is 2.15 bits per heavy atom. The van der Waals surface area contributed by atoms with E-state index in [2.05, 4.69) is 29.3 Å². The van der Waals surface area contributed by atoms with Crippen LogP contribution in [0.15, 0.2) is 30.3 Å². The number of amides is 1. The van der Waals surface area contributed by atoms with Crippen molar-refractivity contribution in [1.82, 2.24) is 15.1 Å². The van der Waals surface area contributed by atoms with Crippen molar-refractivity contribution in [3.8, 4) is 0 Å². The van der Waals surface area contributed by atoms with Crippen molar-refractivity contribution < 1.29 is 4.79 Å². The Labute approximate surface area is 121 Å². The number of piperazine rings is 1. The molecule has 1 aliphatic rings. The van der Waals surface area contributed by atoms with Crippen molar-refractivity contribution in [2.45, 2.75) is 32.5 Å². The van der Waals surface area contributed by atoms with E-state index in [1.165, 1.54) is 5.56 Å². The third-order valence-corrected chi connectivity index (χ3v) is 4.08. The standard InChI is InChI=1S/C16H25N3O/c1-13-11-17-9-10-19(13)16(20)14(2)18(3)12-15-7-5-4-6-8-15/h4-8,13-14,17H,9-12H2,1-3H3/t13-,14?/m0/s1. The van der Waals surface area contributed by atoms with Gasteiger partial charge >= 0.3 is 0 Å². The molecule has 1 aromatic carbocycles. The van der Waals surface area contributed by atoms with Gasteiger partial charge in [-0.1, -0.05) is 30.3 Å². The quantitative estimate of drug-likeness (QED) is 0.900. The molecule has 4 nitrogen and oxygen atoms in total. The predicted octanol–water partition coefficient (Wildman–Crippen LogP) is 1.33. The molecule has 20 heavy (non-hydrogen) atoms. The van der Waals surface area contributed by atoms with Crippen molar-refractivity contribution >= 4 is 5.91 Å². The molecule has 2 rings (SSSR count). The highest BCUT2D eigenvalue weighted by Crippen LogP contribution is 2.11. The van der Waals surface area contributed by atoms with Gasteiger partial charge in [0.05, 0.1) is 6.04 Å². The molecule has 0 radical (unpaired) electrons. The third-order valence-electron chi connectivity index (χ3n) is 4.08. The molecule has 1 amide bonds. The molecule has 4 heteroatoms. The van der Waals surface area contributed by atoms with Gasteiger partial charge in [-0.05, 0) is 26.5 Å². The Balaban J connectivity index is 1.95. The van der Waals surface area contributed by atoms with E-state index in [1.54, 1.807) is 0 Å². The molecular formula is C16H25N3O. The summed E-state index contributed by atoms with van der Waals surface area (Å²) in [5, 5.41) is 3.32. The SMILES string of the molecule is CC(C(=O)N1CCNC[C@@H]1C)N(C)Cc1ccccc1. The Hall–Kier alpha value is -1.39. The number of nitrogens with one attached hydrogen (secondary N) is 1. The second kappa shape index (κ2) is 6.86. The van der Waals surface area contributed by atoms with Crippen LogP contribution in [-0.2, 0) is 11.3 Å². The average molecular weight is 275 g/mol. The topological polar surface area (TPSA) is 35.6 Å². The number of benzene rings is 1. The molecule has 0 saturated carbocycles. The Morgan fingerprint density at radius 1 is 1.45 bits per heavy atom. The lowest BCUT2D eigenvalue weighted by Gasteiger charge is -2.37. The monoisotopic (exact) mass is 275 g/mol. The second-order valence-corrected chi connectivity index (χ2v) is 5.66. The highest BCUT2D eigenvalue weighted by molar-refractivity contribution is 5.81. The fourth-order valence-electron chi connectivity index (χ4n) is 2.61. The summed E-state index contributed by atoms with van der Waals surface area (Å²) in [7, 11) is 2.02. The molecule has 2 atom stereocenters. The van der Waals surface area contributed by atoms with Crippen LogP contribution in [0.5, 0.6) is 0 Å². The molecule has 1 fully saturated rings. The Kier molecular flexibility index (Phi) is 5.15. The smallest absolute Gasteiger partial charge is 0.239 e. The van der Waals surface area contributed by atoms with Crippen LogP contribution >= 0.6 is 0 Å². The number of rotatable bonds is 4. The van der Waals surface area contributed by atoms with Gasteiger partial charge in [0.15, 0.2) is 0 Å². The maximum Gasteiger partial charge on any atom is 0.239 e. The summed E-state index contributed by atoms with van der Waals surface area (Å²) in [4.78, 5) is 16.7. The van der Waals surface area contributed by atoms with Crippen LogP contribution in [0.4, 0.5) is 0 Å². The molecule has 1 heterocycles. The van der Waals surface area contributed by atoms with E-state index in [-0.39, 0.29) is 18.0 Å². The molecule has 0 spiro atoms. The van der Waals surface area contributed by atoms with Gasteiger partial charge in [0.25, 0.3) is 0 Å². The normalized spacial score (nSPS) is 21.0. The summed E-state index contributed by atoms with van der Waals surface area (Å²) in [6.45, 7) is 7.50. The number of nitrogens with zero attached hydrogens (tertiary/aromatic N) is 2. The van der Waals surface area contributed by atoms with Crippen LogP contribution in [0.1, 0.15) is 19.4 Å². The van der Waals surface area contributed by atoms with E-state index < -0.39 is 0 Å². The summed E-state index contributed by atoms with van der Waals surface area (Å²) >= 11 is 0. The van der Waals surface area contributed by atoms with Crippen LogP contribution in [0.25, 0.3) is 0 Å². The lowest BCUT2D eigenvalue weighted by atomic mass is 10.1. The van der Waals surface area contributed by atoms with Crippen molar-refractivity contribution in [1.29, 1.82) is 0 Å². The minimum Gasteiger partial charge on any atom is -0.336 e. The molecule has 1 unspecified atom stereocenters. The van der Waals surface area contributed by atoms with Crippen LogP contribution in [-0.4, -0.2) is 54.5 Å². The highest BCUT2D eigenvalue weighted by Gasteiger charge is 2.28. The lowest BCUT2D eigenvalue weighted by Crippen LogP contribution is -2.56. The number of hydrogen-bond donors (Lipinski definition) is 1. The zero-order valence-corrected chi connectivity index (χ0v) is 12.7. The summed E-state index contributed by atoms with van der Waals surface area (Å²) in [5.74, 6) is 0.234. The minimum absolute atomic E-state index is 0.0873. The predicted molar refractivity (Wildman–Crippen MR) is 81.4 cm³/mol. The number of carbonyl (C=O) groups is 1. The third kappa shape index (κ3) is 3.58. The first kappa shape index (κ1) is 15.0. The van der Waals surface area contributed by atoms with Crippen LogP contribution in [0.3, 0.4) is 0 Å². The van der Waals surface area contributed by atoms with Gasteiger partial charge in [-0.25, -0.2) is 0 Å². The van der Waals surface area contributed by atoms with Crippen LogP contribution < -0.4 is 5.32 Å². The van der Waals surface area contributed by atoms with E-state index in [4.69, 9.17) is 0 Å². The van der Waals surface area contributed by atoms with E-state index in [0.29, 0.717) is 0 Å².